The fourth-order valence-corrected chi connectivity index (χ4v) is 2.34. The number of aryl methyl sites for hydroxylation is 2. The maximum atomic E-state index is 12.2. The van der Waals surface area contributed by atoms with E-state index in [-0.39, 0.29) is 11.8 Å². The van der Waals surface area contributed by atoms with Crippen molar-refractivity contribution >= 4 is 11.8 Å². The van der Waals surface area contributed by atoms with Crippen molar-refractivity contribution in [3.63, 3.8) is 0 Å². The molecule has 2 amide bonds. The Bertz CT molecular complexity index is 701. The number of carbonyl (C=O) groups excluding carboxylic acids is 2. The second-order valence-corrected chi connectivity index (χ2v) is 5.80. The number of hydrogen-bond donors (Lipinski definition) is 2. The number of ether oxygens (including phenoxy) is 1. The predicted molar refractivity (Wildman–Crippen MR) is 96.9 cm³/mol. The molecule has 0 saturated heterocycles. The fraction of sp³-hybridized carbons (Fsp3) is 0.300. The van der Waals surface area contributed by atoms with E-state index in [9.17, 15) is 9.59 Å². The normalized spacial score (nSPS) is 11.4. The van der Waals surface area contributed by atoms with E-state index in [0.29, 0.717) is 25.0 Å². The Balaban J connectivity index is 1.79. The fourth-order valence-electron chi connectivity index (χ4n) is 2.34. The first-order chi connectivity index (χ1) is 12.1. The minimum absolute atomic E-state index is 0.233. The predicted octanol–water partition coefficient (Wildman–Crippen LogP) is 2.93. The third kappa shape index (κ3) is 5.95. The minimum Gasteiger partial charge on any atom is -0.480 e. The van der Waals surface area contributed by atoms with Crippen LogP contribution in [0.15, 0.2) is 54.6 Å². The van der Waals surface area contributed by atoms with Gasteiger partial charge in [-0.15, -0.1) is 0 Å². The molecule has 0 radical (unpaired) electrons. The molecule has 0 aliphatic heterocycles. The zero-order valence-electron chi connectivity index (χ0n) is 14.6. The summed E-state index contributed by atoms with van der Waals surface area (Å²) in [4.78, 5) is 24.1. The van der Waals surface area contributed by atoms with Crippen LogP contribution in [-0.2, 0) is 16.0 Å². The van der Waals surface area contributed by atoms with Crippen LogP contribution in [0.5, 0.6) is 5.75 Å². The molecule has 5 nitrogen and oxygen atoms in total. The first-order valence-corrected chi connectivity index (χ1v) is 8.45. The molecule has 0 heterocycles. The highest BCUT2D eigenvalue weighted by Crippen LogP contribution is 2.18. The van der Waals surface area contributed by atoms with Crippen LogP contribution in [0, 0.1) is 6.92 Å². The Labute approximate surface area is 148 Å². The molecule has 2 aromatic carbocycles. The van der Waals surface area contributed by atoms with E-state index < -0.39 is 6.10 Å². The molecule has 0 aliphatic carbocycles. The zero-order chi connectivity index (χ0) is 18.1. The van der Waals surface area contributed by atoms with Crippen LogP contribution < -0.4 is 15.6 Å². The van der Waals surface area contributed by atoms with Gasteiger partial charge in [-0.25, -0.2) is 0 Å². The van der Waals surface area contributed by atoms with Crippen LogP contribution in [0.25, 0.3) is 0 Å². The Hall–Kier alpha value is -2.82. The maximum absolute atomic E-state index is 12.2. The number of rotatable bonds is 7. The Morgan fingerprint density at radius 1 is 1.00 bits per heavy atom. The molecule has 2 N–H and O–H groups in total. The van der Waals surface area contributed by atoms with Gasteiger partial charge in [-0.05, 0) is 37.0 Å². The van der Waals surface area contributed by atoms with Crippen LogP contribution in [0.2, 0.25) is 0 Å². The highest BCUT2D eigenvalue weighted by atomic mass is 16.5. The van der Waals surface area contributed by atoms with Gasteiger partial charge in [0.25, 0.3) is 5.91 Å². The number of hydrogen-bond acceptors (Lipinski definition) is 3. The summed E-state index contributed by atoms with van der Waals surface area (Å²) in [6.45, 7) is 3.78. The molecule has 2 rings (SSSR count). The first kappa shape index (κ1) is 18.5. The number of nitrogens with one attached hydrogen (secondary N) is 2. The van der Waals surface area contributed by atoms with Gasteiger partial charge < -0.3 is 4.74 Å². The van der Waals surface area contributed by atoms with Crippen LogP contribution in [-0.4, -0.2) is 17.9 Å². The van der Waals surface area contributed by atoms with E-state index in [1.807, 2.05) is 68.4 Å². The summed E-state index contributed by atoms with van der Waals surface area (Å²) < 4.78 is 5.75. The molecule has 1 atom stereocenters. The van der Waals surface area contributed by atoms with Gasteiger partial charge in [0.15, 0.2) is 6.10 Å². The molecule has 132 valence electrons. The zero-order valence-corrected chi connectivity index (χ0v) is 14.6. The van der Waals surface area contributed by atoms with Crippen molar-refractivity contribution in [2.24, 2.45) is 0 Å². The van der Waals surface area contributed by atoms with E-state index >= 15 is 0 Å². The highest BCUT2D eigenvalue weighted by molar-refractivity contribution is 5.84. The van der Waals surface area contributed by atoms with E-state index in [2.05, 4.69) is 10.9 Å². The summed E-state index contributed by atoms with van der Waals surface area (Å²) in [6.07, 6.45) is 0.773. The maximum Gasteiger partial charge on any atom is 0.279 e. The SMILES string of the molecule is CCC(Oc1ccccc1C)C(=O)NNC(=O)CCc1ccccc1. The van der Waals surface area contributed by atoms with Crippen LogP contribution in [0.4, 0.5) is 0 Å². The number of carbonyl (C=O) groups is 2. The third-order valence-electron chi connectivity index (χ3n) is 3.83. The molecule has 0 fully saturated rings. The lowest BCUT2D eigenvalue weighted by molar-refractivity contribution is -0.133. The van der Waals surface area contributed by atoms with Crippen LogP contribution in [0.3, 0.4) is 0 Å². The minimum atomic E-state index is -0.657. The first-order valence-electron chi connectivity index (χ1n) is 8.45. The topological polar surface area (TPSA) is 67.4 Å². The molecule has 0 spiro atoms. The van der Waals surface area contributed by atoms with Gasteiger partial charge in [-0.2, -0.15) is 0 Å². The molecule has 25 heavy (non-hydrogen) atoms. The Kier molecular flexibility index (Phi) is 7.01. The number of para-hydroxylation sites is 1. The number of amides is 2. The molecular formula is C20H24N2O3. The van der Waals surface area contributed by atoms with Gasteiger partial charge in [0.2, 0.25) is 5.91 Å². The van der Waals surface area contributed by atoms with Gasteiger partial charge in [-0.1, -0.05) is 55.5 Å². The van der Waals surface area contributed by atoms with E-state index in [4.69, 9.17) is 4.74 Å². The third-order valence-corrected chi connectivity index (χ3v) is 3.83. The van der Waals surface area contributed by atoms with Crippen molar-refractivity contribution in [2.45, 2.75) is 39.2 Å². The summed E-state index contributed by atoms with van der Waals surface area (Å²) in [5, 5.41) is 0. The largest absolute Gasteiger partial charge is 0.480 e. The molecular weight excluding hydrogens is 316 g/mol. The van der Waals surface area contributed by atoms with E-state index in [0.717, 1.165) is 11.1 Å². The summed E-state index contributed by atoms with van der Waals surface area (Å²) in [5.74, 6) is 0.0710. The van der Waals surface area contributed by atoms with Crippen LogP contribution >= 0.6 is 0 Å². The Morgan fingerprint density at radius 3 is 2.36 bits per heavy atom. The van der Waals surface area contributed by atoms with Gasteiger partial charge in [-0.3, -0.25) is 20.4 Å². The van der Waals surface area contributed by atoms with E-state index in [1.54, 1.807) is 0 Å². The van der Waals surface area contributed by atoms with Crippen LogP contribution in [0.1, 0.15) is 30.9 Å². The Morgan fingerprint density at radius 2 is 1.68 bits per heavy atom. The molecule has 1 unspecified atom stereocenters. The van der Waals surface area contributed by atoms with Gasteiger partial charge in [0.05, 0.1) is 0 Å². The van der Waals surface area contributed by atoms with Crippen molar-refractivity contribution in [1.82, 2.24) is 10.9 Å². The molecule has 0 saturated carbocycles. The second kappa shape index (κ2) is 9.47. The lowest BCUT2D eigenvalue weighted by atomic mass is 10.1. The molecule has 2 aromatic rings. The summed E-state index contributed by atoms with van der Waals surface area (Å²) in [6, 6.07) is 17.3. The quantitative estimate of drug-likeness (QED) is 0.762. The average molecular weight is 340 g/mol. The van der Waals surface area contributed by atoms with Gasteiger partial charge >= 0.3 is 0 Å². The van der Waals surface area contributed by atoms with Crippen molar-refractivity contribution in [2.75, 3.05) is 0 Å². The van der Waals surface area contributed by atoms with Crippen molar-refractivity contribution < 1.29 is 14.3 Å². The smallest absolute Gasteiger partial charge is 0.279 e. The lowest BCUT2D eigenvalue weighted by Gasteiger charge is -2.18. The van der Waals surface area contributed by atoms with E-state index in [1.165, 1.54) is 0 Å². The standard InChI is InChI=1S/C20H24N2O3/c1-3-17(25-18-12-8-7-9-15(18)2)20(24)22-21-19(23)14-13-16-10-5-4-6-11-16/h4-12,17H,3,13-14H2,1-2H3,(H,21,23)(H,22,24). The second-order valence-electron chi connectivity index (χ2n) is 5.80. The molecule has 0 aromatic heterocycles. The molecule has 0 aliphatic rings. The summed E-state index contributed by atoms with van der Waals surface area (Å²) in [5.41, 5.74) is 6.94. The summed E-state index contributed by atoms with van der Waals surface area (Å²) >= 11 is 0. The lowest BCUT2D eigenvalue weighted by Crippen LogP contribution is -2.48. The molecule has 5 heteroatoms. The van der Waals surface area contributed by atoms with Crippen molar-refractivity contribution in [1.29, 1.82) is 0 Å². The monoisotopic (exact) mass is 340 g/mol. The molecule has 0 bridgehead atoms. The highest BCUT2D eigenvalue weighted by Gasteiger charge is 2.19. The average Bonchev–Trinajstić information content (AvgIpc) is 2.64. The summed E-state index contributed by atoms with van der Waals surface area (Å²) in [7, 11) is 0. The number of hydrazine groups is 1. The number of benzene rings is 2. The van der Waals surface area contributed by atoms with Gasteiger partial charge in [0, 0.05) is 6.42 Å². The van der Waals surface area contributed by atoms with Crippen molar-refractivity contribution in [3.8, 4) is 5.75 Å². The van der Waals surface area contributed by atoms with Crippen molar-refractivity contribution in [3.05, 3.63) is 65.7 Å². The van der Waals surface area contributed by atoms with Gasteiger partial charge in [0.1, 0.15) is 5.75 Å².